The van der Waals surface area contributed by atoms with Gasteiger partial charge in [-0.3, -0.25) is 13.9 Å². The molecule has 228 valence electrons. The van der Waals surface area contributed by atoms with Crippen LogP contribution in [0.2, 0.25) is 0 Å². The van der Waals surface area contributed by atoms with E-state index < -0.39 is 28.5 Å². The van der Waals surface area contributed by atoms with E-state index >= 15 is 0 Å². The molecule has 4 fully saturated rings. The molecule has 0 aliphatic heterocycles. The Balaban J connectivity index is 1.38. The molecule has 1 atom stereocenters. The summed E-state index contributed by atoms with van der Waals surface area (Å²) in [5, 5.41) is 2.86. The van der Waals surface area contributed by atoms with Crippen molar-refractivity contribution in [2.75, 3.05) is 30.8 Å². The van der Waals surface area contributed by atoms with Crippen LogP contribution in [0.5, 0.6) is 5.75 Å². The lowest BCUT2D eigenvalue weighted by Gasteiger charge is -2.57. The van der Waals surface area contributed by atoms with Crippen molar-refractivity contribution in [3.05, 3.63) is 59.7 Å². The second-order valence-electron chi connectivity index (χ2n) is 12.9. The molecule has 4 bridgehead atoms. The number of sulfonamides is 1. The minimum atomic E-state index is -3.78. The second-order valence-corrected chi connectivity index (χ2v) is 14.8. The molecule has 2 amide bonds. The summed E-state index contributed by atoms with van der Waals surface area (Å²) in [6.07, 6.45) is 9.66. The average Bonchev–Trinajstić information content (AvgIpc) is 2.96. The van der Waals surface area contributed by atoms with Gasteiger partial charge in [-0.25, -0.2) is 8.42 Å². The van der Waals surface area contributed by atoms with E-state index in [1.165, 1.54) is 49.0 Å². The van der Waals surface area contributed by atoms with Crippen LogP contribution in [0.1, 0.15) is 69.9 Å². The maximum absolute atomic E-state index is 13.9. The Morgan fingerprint density at radius 3 is 2.19 bits per heavy atom. The number of rotatable bonds is 12. The van der Waals surface area contributed by atoms with E-state index in [0.717, 1.165) is 40.3 Å². The van der Waals surface area contributed by atoms with E-state index in [1.54, 1.807) is 14.0 Å². The van der Waals surface area contributed by atoms with E-state index in [9.17, 15) is 18.0 Å². The summed E-state index contributed by atoms with van der Waals surface area (Å²) in [6, 6.07) is 14.4. The van der Waals surface area contributed by atoms with Crippen molar-refractivity contribution in [3.63, 3.8) is 0 Å². The standard InChI is InChI=1S/C33H45N3O5S/c1-5-13-34-32(38)23(2)35(21-24-7-6-8-30(17-24)41-3)31(37)22-36(42(4,39)40)29-11-9-28(10-12-29)33-18-25-14-26(19-33)16-27(15-25)20-33/h6-12,17,23,25-27H,5,13-16,18-22H2,1-4H3,(H,34,38)/t23-,25?,26?,27?,33?/m0/s1. The molecule has 0 unspecified atom stereocenters. The first-order valence-corrected chi connectivity index (χ1v) is 17.1. The number of carbonyl (C=O) groups is 2. The van der Waals surface area contributed by atoms with Crippen LogP contribution < -0.4 is 14.4 Å². The summed E-state index contributed by atoms with van der Waals surface area (Å²) in [5.41, 5.74) is 2.74. The van der Waals surface area contributed by atoms with E-state index in [4.69, 9.17) is 4.74 Å². The number of nitrogens with one attached hydrogen (secondary N) is 1. The number of ether oxygens (including phenoxy) is 1. The zero-order chi connectivity index (χ0) is 30.1. The molecule has 8 nitrogen and oxygen atoms in total. The number of amides is 2. The topological polar surface area (TPSA) is 96.0 Å². The van der Waals surface area contributed by atoms with E-state index in [0.29, 0.717) is 18.0 Å². The van der Waals surface area contributed by atoms with Gasteiger partial charge in [-0.05, 0) is 110 Å². The van der Waals surface area contributed by atoms with Gasteiger partial charge in [0.2, 0.25) is 21.8 Å². The molecule has 42 heavy (non-hydrogen) atoms. The van der Waals surface area contributed by atoms with Gasteiger partial charge in [0.25, 0.3) is 0 Å². The van der Waals surface area contributed by atoms with Crippen LogP contribution in [0, 0.1) is 17.8 Å². The molecule has 1 N–H and O–H groups in total. The molecule has 0 radical (unpaired) electrons. The van der Waals surface area contributed by atoms with E-state index in [1.807, 2.05) is 43.3 Å². The number of hydrogen-bond acceptors (Lipinski definition) is 5. The van der Waals surface area contributed by atoms with Gasteiger partial charge in [-0.2, -0.15) is 0 Å². The van der Waals surface area contributed by atoms with Crippen LogP contribution >= 0.6 is 0 Å². The van der Waals surface area contributed by atoms with Crippen LogP contribution in [-0.4, -0.2) is 57.6 Å². The summed E-state index contributed by atoms with van der Waals surface area (Å²) in [4.78, 5) is 28.3. The monoisotopic (exact) mass is 595 g/mol. The van der Waals surface area contributed by atoms with Crippen molar-refractivity contribution in [3.8, 4) is 5.75 Å². The quantitative estimate of drug-likeness (QED) is 0.378. The van der Waals surface area contributed by atoms with Gasteiger partial charge in [0.1, 0.15) is 18.3 Å². The first kappa shape index (κ1) is 30.4. The van der Waals surface area contributed by atoms with Gasteiger partial charge in [0, 0.05) is 13.1 Å². The molecular weight excluding hydrogens is 550 g/mol. The largest absolute Gasteiger partial charge is 0.497 e. The minimum Gasteiger partial charge on any atom is -0.497 e. The third-order valence-electron chi connectivity index (χ3n) is 9.69. The van der Waals surface area contributed by atoms with Crippen LogP contribution in [-0.2, 0) is 31.6 Å². The number of hydrogen-bond donors (Lipinski definition) is 1. The van der Waals surface area contributed by atoms with Crippen molar-refractivity contribution < 1.29 is 22.7 Å². The zero-order valence-electron chi connectivity index (χ0n) is 25.3. The Kier molecular flexibility index (Phi) is 8.88. The number of nitrogens with zero attached hydrogens (tertiary/aromatic N) is 2. The van der Waals surface area contributed by atoms with Gasteiger partial charge >= 0.3 is 0 Å². The highest BCUT2D eigenvalue weighted by Crippen LogP contribution is 2.60. The Bertz CT molecular complexity index is 1360. The fourth-order valence-electron chi connectivity index (χ4n) is 8.01. The zero-order valence-corrected chi connectivity index (χ0v) is 26.2. The van der Waals surface area contributed by atoms with Crippen LogP contribution in [0.25, 0.3) is 0 Å². The smallest absolute Gasteiger partial charge is 0.244 e. The molecule has 9 heteroatoms. The molecule has 4 aliphatic rings. The Morgan fingerprint density at radius 2 is 1.64 bits per heavy atom. The highest BCUT2D eigenvalue weighted by atomic mass is 32.2. The summed E-state index contributed by atoms with van der Waals surface area (Å²) in [5.74, 6) is 2.35. The lowest BCUT2D eigenvalue weighted by Crippen LogP contribution is -2.51. The minimum absolute atomic E-state index is 0.138. The fourth-order valence-corrected chi connectivity index (χ4v) is 8.85. The molecule has 6 rings (SSSR count). The number of carbonyl (C=O) groups excluding carboxylic acids is 2. The normalized spacial score (nSPS) is 25.1. The Hall–Kier alpha value is -3.07. The average molecular weight is 596 g/mol. The number of methoxy groups -OCH3 is 1. The second kappa shape index (κ2) is 12.3. The van der Waals surface area contributed by atoms with Crippen molar-refractivity contribution in [1.29, 1.82) is 0 Å². The van der Waals surface area contributed by atoms with Gasteiger partial charge in [-0.15, -0.1) is 0 Å². The summed E-state index contributed by atoms with van der Waals surface area (Å²) >= 11 is 0. The summed E-state index contributed by atoms with van der Waals surface area (Å²) in [6.45, 7) is 3.87. The Morgan fingerprint density at radius 1 is 1.02 bits per heavy atom. The summed E-state index contributed by atoms with van der Waals surface area (Å²) in [7, 11) is -2.21. The van der Waals surface area contributed by atoms with Crippen molar-refractivity contribution in [2.45, 2.75) is 76.8 Å². The third-order valence-corrected chi connectivity index (χ3v) is 10.8. The first-order chi connectivity index (χ1) is 20.0. The molecule has 4 aliphatic carbocycles. The van der Waals surface area contributed by atoms with E-state index in [2.05, 4.69) is 17.4 Å². The molecule has 4 saturated carbocycles. The highest BCUT2D eigenvalue weighted by Gasteiger charge is 2.51. The molecule has 0 heterocycles. The Labute approximate surface area is 250 Å². The van der Waals surface area contributed by atoms with Crippen LogP contribution in [0.4, 0.5) is 5.69 Å². The van der Waals surface area contributed by atoms with Gasteiger partial charge < -0.3 is 15.0 Å². The van der Waals surface area contributed by atoms with E-state index in [-0.39, 0.29) is 17.9 Å². The highest BCUT2D eigenvalue weighted by molar-refractivity contribution is 7.92. The molecule has 2 aromatic rings. The lowest BCUT2D eigenvalue weighted by molar-refractivity contribution is -0.139. The SMILES string of the molecule is CCCNC(=O)[C@H](C)N(Cc1cccc(OC)c1)C(=O)CN(c1ccc(C23CC4CC(CC(C4)C2)C3)cc1)S(C)(=O)=O. The van der Waals surface area contributed by atoms with Gasteiger partial charge in [0.05, 0.1) is 19.1 Å². The predicted molar refractivity (Wildman–Crippen MR) is 165 cm³/mol. The molecular formula is C33H45N3O5S. The van der Waals surface area contributed by atoms with Crippen LogP contribution in [0.3, 0.4) is 0 Å². The number of benzene rings is 2. The molecule has 0 spiro atoms. The third kappa shape index (κ3) is 6.46. The van der Waals surface area contributed by atoms with Crippen molar-refractivity contribution in [1.82, 2.24) is 10.2 Å². The first-order valence-electron chi connectivity index (χ1n) is 15.3. The predicted octanol–water partition coefficient (Wildman–Crippen LogP) is 4.87. The van der Waals surface area contributed by atoms with Crippen molar-refractivity contribution in [2.24, 2.45) is 17.8 Å². The number of anilines is 1. The van der Waals surface area contributed by atoms with Gasteiger partial charge in [-0.1, -0.05) is 31.2 Å². The van der Waals surface area contributed by atoms with Gasteiger partial charge in [0.15, 0.2) is 0 Å². The van der Waals surface area contributed by atoms with Crippen molar-refractivity contribution >= 4 is 27.5 Å². The summed E-state index contributed by atoms with van der Waals surface area (Å²) < 4.78 is 32.6. The lowest BCUT2D eigenvalue weighted by atomic mass is 9.48. The van der Waals surface area contributed by atoms with Crippen LogP contribution in [0.15, 0.2) is 48.5 Å². The maximum Gasteiger partial charge on any atom is 0.244 e. The maximum atomic E-state index is 13.9. The fraction of sp³-hybridized carbons (Fsp3) is 0.576. The molecule has 0 aromatic heterocycles. The molecule has 2 aromatic carbocycles. The molecule has 0 saturated heterocycles.